The quantitative estimate of drug-likeness (QED) is 0.664. The molecular formula is C20H21N3O3. The highest BCUT2D eigenvalue weighted by Crippen LogP contribution is 2.29. The molecule has 3 aromatic rings. The van der Waals surface area contributed by atoms with Gasteiger partial charge in [0.1, 0.15) is 5.75 Å². The molecule has 3 N–H and O–H groups in total. The summed E-state index contributed by atoms with van der Waals surface area (Å²) in [6.45, 7) is 5.43. The number of H-pyrrole nitrogens is 1. The minimum absolute atomic E-state index is 0.214. The molecule has 1 heterocycles. The molecule has 2 aromatic carbocycles. The number of hydrogen-bond acceptors (Lipinski definition) is 3. The summed E-state index contributed by atoms with van der Waals surface area (Å²) in [7, 11) is 1.52. The van der Waals surface area contributed by atoms with Gasteiger partial charge >= 0.3 is 0 Å². The van der Waals surface area contributed by atoms with E-state index >= 15 is 0 Å². The average Bonchev–Trinajstić information content (AvgIpc) is 2.89. The number of aryl methyl sites for hydroxylation is 2. The fourth-order valence-electron chi connectivity index (χ4n) is 2.94. The number of anilines is 2. The van der Waals surface area contributed by atoms with Crippen LogP contribution in [0.15, 0.2) is 36.4 Å². The molecule has 134 valence electrons. The molecule has 6 heteroatoms. The lowest BCUT2D eigenvalue weighted by Gasteiger charge is -2.12. The molecule has 0 saturated carbocycles. The Morgan fingerprint density at radius 2 is 1.85 bits per heavy atom. The van der Waals surface area contributed by atoms with Gasteiger partial charge in [-0.15, -0.1) is 0 Å². The highest BCUT2D eigenvalue weighted by molar-refractivity contribution is 6.12. The Morgan fingerprint density at radius 1 is 1.08 bits per heavy atom. The van der Waals surface area contributed by atoms with Crippen molar-refractivity contribution in [3.8, 4) is 5.75 Å². The zero-order valence-corrected chi connectivity index (χ0v) is 15.2. The van der Waals surface area contributed by atoms with Gasteiger partial charge in [-0.1, -0.05) is 12.1 Å². The van der Waals surface area contributed by atoms with Crippen LogP contribution >= 0.6 is 0 Å². The number of nitrogens with one attached hydrogen (secondary N) is 3. The van der Waals surface area contributed by atoms with Crippen LogP contribution in [-0.4, -0.2) is 23.9 Å². The van der Waals surface area contributed by atoms with E-state index < -0.39 is 0 Å². The van der Waals surface area contributed by atoms with E-state index in [0.29, 0.717) is 22.7 Å². The first-order chi connectivity index (χ1) is 12.4. The monoisotopic (exact) mass is 351 g/mol. The molecule has 0 saturated heterocycles. The topological polar surface area (TPSA) is 83.2 Å². The number of aromatic amines is 1. The molecule has 6 nitrogen and oxygen atoms in total. The standard InChI is InChI=1S/C20H21N3O3/c1-11-12(2)21-19-15(11)6-5-7-16(19)20(25)23-14-8-9-18(26-4)17(10-14)22-13(3)24/h5-10,21H,1-4H3,(H,22,24)(H,23,25). The van der Waals surface area contributed by atoms with Crippen LogP contribution in [0.4, 0.5) is 11.4 Å². The Bertz CT molecular complexity index is 1000. The van der Waals surface area contributed by atoms with Crippen molar-refractivity contribution in [2.45, 2.75) is 20.8 Å². The van der Waals surface area contributed by atoms with Gasteiger partial charge in [0, 0.05) is 23.7 Å². The molecule has 0 radical (unpaired) electrons. The van der Waals surface area contributed by atoms with Crippen molar-refractivity contribution in [1.29, 1.82) is 0 Å². The number of rotatable bonds is 4. The lowest BCUT2D eigenvalue weighted by molar-refractivity contribution is -0.114. The number of benzene rings is 2. The number of carbonyl (C=O) groups is 2. The average molecular weight is 351 g/mol. The molecular weight excluding hydrogens is 330 g/mol. The molecule has 3 rings (SSSR count). The minimum atomic E-state index is -0.226. The number of fused-ring (bicyclic) bond motifs is 1. The van der Waals surface area contributed by atoms with Crippen LogP contribution in [0.3, 0.4) is 0 Å². The fourth-order valence-corrected chi connectivity index (χ4v) is 2.94. The van der Waals surface area contributed by atoms with Crippen molar-refractivity contribution in [3.63, 3.8) is 0 Å². The van der Waals surface area contributed by atoms with Gasteiger partial charge in [-0.05, 0) is 43.7 Å². The van der Waals surface area contributed by atoms with Crippen molar-refractivity contribution < 1.29 is 14.3 Å². The summed E-state index contributed by atoms with van der Waals surface area (Å²) in [5.41, 5.74) is 4.62. The van der Waals surface area contributed by atoms with E-state index in [1.807, 2.05) is 26.0 Å². The second-order valence-corrected chi connectivity index (χ2v) is 6.15. The Kier molecular flexibility index (Phi) is 4.67. The summed E-state index contributed by atoms with van der Waals surface area (Å²) in [6, 6.07) is 10.7. The number of methoxy groups -OCH3 is 1. The lowest BCUT2D eigenvalue weighted by atomic mass is 10.1. The molecule has 0 aliphatic heterocycles. The van der Waals surface area contributed by atoms with E-state index in [1.165, 1.54) is 14.0 Å². The summed E-state index contributed by atoms with van der Waals surface area (Å²) in [4.78, 5) is 27.4. The van der Waals surface area contributed by atoms with Gasteiger partial charge < -0.3 is 20.4 Å². The maximum Gasteiger partial charge on any atom is 0.257 e. The van der Waals surface area contributed by atoms with Crippen molar-refractivity contribution in [1.82, 2.24) is 4.98 Å². The van der Waals surface area contributed by atoms with Crippen LogP contribution in [0.1, 0.15) is 28.5 Å². The highest BCUT2D eigenvalue weighted by Gasteiger charge is 2.15. The summed E-state index contributed by atoms with van der Waals surface area (Å²) >= 11 is 0. The van der Waals surface area contributed by atoms with Crippen molar-refractivity contribution in [2.24, 2.45) is 0 Å². The van der Waals surface area contributed by atoms with E-state index in [-0.39, 0.29) is 11.8 Å². The van der Waals surface area contributed by atoms with E-state index in [0.717, 1.165) is 22.2 Å². The molecule has 0 bridgehead atoms. The van der Waals surface area contributed by atoms with Crippen LogP contribution < -0.4 is 15.4 Å². The zero-order chi connectivity index (χ0) is 18.8. The lowest BCUT2D eigenvalue weighted by Crippen LogP contribution is -2.13. The number of hydrogen-bond donors (Lipinski definition) is 3. The van der Waals surface area contributed by atoms with Crippen LogP contribution in [0, 0.1) is 13.8 Å². The van der Waals surface area contributed by atoms with Gasteiger partial charge in [0.15, 0.2) is 0 Å². The smallest absolute Gasteiger partial charge is 0.257 e. The Balaban J connectivity index is 1.93. The van der Waals surface area contributed by atoms with Gasteiger partial charge in [-0.3, -0.25) is 9.59 Å². The Hall–Kier alpha value is -3.28. The molecule has 0 aliphatic carbocycles. The summed E-state index contributed by atoms with van der Waals surface area (Å²) < 4.78 is 5.23. The van der Waals surface area contributed by atoms with Crippen molar-refractivity contribution in [2.75, 3.05) is 17.7 Å². The molecule has 26 heavy (non-hydrogen) atoms. The van der Waals surface area contributed by atoms with E-state index in [4.69, 9.17) is 4.74 Å². The predicted molar refractivity (Wildman–Crippen MR) is 103 cm³/mol. The molecule has 0 aliphatic rings. The molecule has 1 aromatic heterocycles. The van der Waals surface area contributed by atoms with Gasteiger partial charge in [-0.2, -0.15) is 0 Å². The van der Waals surface area contributed by atoms with Crippen LogP contribution in [0.5, 0.6) is 5.75 Å². The highest BCUT2D eigenvalue weighted by atomic mass is 16.5. The third-order valence-corrected chi connectivity index (χ3v) is 4.36. The molecule has 0 spiro atoms. The van der Waals surface area contributed by atoms with Gasteiger partial charge in [0.2, 0.25) is 5.91 Å². The van der Waals surface area contributed by atoms with E-state index in [9.17, 15) is 9.59 Å². The summed E-state index contributed by atoms with van der Waals surface area (Å²) in [5, 5.41) is 6.61. The third-order valence-electron chi connectivity index (χ3n) is 4.36. The second kappa shape index (κ2) is 6.92. The first-order valence-electron chi connectivity index (χ1n) is 8.25. The number of ether oxygens (including phenoxy) is 1. The second-order valence-electron chi connectivity index (χ2n) is 6.15. The van der Waals surface area contributed by atoms with Crippen LogP contribution in [0.2, 0.25) is 0 Å². The Labute approximate surface area is 151 Å². The third kappa shape index (κ3) is 3.26. The molecule has 0 unspecified atom stereocenters. The summed E-state index contributed by atoms with van der Waals surface area (Å²) in [5.74, 6) is 0.0839. The SMILES string of the molecule is COc1ccc(NC(=O)c2cccc3c(C)c(C)[nH]c23)cc1NC(C)=O. The number of para-hydroxylation sites is 1. The zero-order valence-electron chi connectivity index (χ0n) is 15.2. The normalized spacial score (nSPS) is 10.6. The number of carbonyl (C=O) groups excluding carboxylic acids is 2. The number of amides is 2. The summed E-state index contributed by atoms with van der Waals surface area (Å²) in [6.07, 6.45) is 0. The first kappa shape index (κ1) is 17.5. The van der Waals surface area contributed by atoms with Crippen molar-refractivity contribution in [3.05, 3.63) is 53.2 Å². The Morgan fingerprint density at radius 3 is 2.54 bits per heavy atom. The van der Waals surface area contributed by atoms with Crippen LogP contribution in [0.25, 0.3) is 10.9 Å². The van der Waals surface area contributed by atoms with Gasteiger partial charge in [0.05, 0.1) is 23.9 Å². The van der Waals surface area contributed by atoms with Gasteiger partial charge in [0.25, 0.3) is 5.91 Å². The largest absolute Gasteiger partial charge is 0.495 e. The van der Waals surface area contributed by atoms with Crippen LogP contribution in [-0.2, 0) is 4.79 Å². The molecule has 2 amide bonds. The van der Waals surface area contributed by atoms with E-state index in [2.05, 4.69) is 15.6 Å². The minimum Gasteiger partial charge on any atom is -0.495 e. The van der Waals surface area contributed by atoms with Gasteiger partial charge in [-0.25, -0.2) is 0 Å². The first-order valence-corrected chi connectivity index (χ1v) is 8.25. The molecule has 0 fully saturated rings. The maximum absolute atomic E-state index is 12.8. The van der Waals surface area contributed by atoms with Crippen molar-refractivity contribution >= 4 is 34.1 Å². The maximum atomic E-state index is 12.8. The van der Waals surface area contributed by atoms with E-state index in [1.54, 1.807) is 24.3 Å². The predicted octanol–water partition coefficient (Wildman–Crippen LogP) is 4.00. The molecule has 0 atom stereocenters. The number of aromatic nitrogens is 1. The fraction of sp³-hybridized carbons (Fsp3) is 0.200.